The number of amides is 1. The predicted octanol–water partition coefficient (Wildman–Crippen LogP) is 4.46. The number of fused-ring (bicyclic) bond motifs is 5. The van der Waals surface area contributed by atoms with E-state index in [9.17, 15) is 14.7 Å². The standard InChI is InChI=1S/C24H26N2O3/c1-24-12-11-15-14-7-9-20(27)22(26-23(29)19-4-2-3-13-25-19)17(14)6-5-16(15)18(24)8-10-21(24)28/h2-4,7,9,13,15-16,18,27H,5-6,8,10-12H2,1H3,(H,26,29)/t15-,16-,18+,24+/m1/s1. The molecule has 3 aliphatic carbocycles. The molecule has 1 heterocycles. The average molecular weight is 390 g/mol. The summed E-state index contributed by atoms with van der Waals surface area (Å²) in [7, 11) is 0. The lowest BCUT2D eigenvalue weighted by Gasteiger charge is -2.48. The fourth-order valence-electron chi connectivity index (χ4n) is 6.24. The minimum atomic E-state index is -0.311. The molecule has 2 fully saturated rings. The number of nitrogens with zero attached hydrogens (tertiary/aromatic N) is 1. The Labute approximate surface area is 170 Å². The molecule has 4 atom stereocenters. The highest BCUT2D eigenvalue weighted by atomic mass is 16.3. The van der Waals surface area contributed by atoms with Crippen LogP contribution in [0.5, 0.6) is 5.75 Å². The normalized spacial score (nSPS) is 30.2. The van der Waals surface area contributed by atoms with E-state index in [4.69, 9.17) is 0 Å². The number of aromatic nitrogens is 1. The van der Waals surface area contributed by atoms with Crippen LogP contribution in [-0.4, -0.2) is 21.8 Å². The molecule has 0 aliphatic heterocycles. The van der Waals surface area contributed by atoms with Gasteiger partial charge in [-0.2, -0.15) is 0 Å². The molecule has 1 aromatic carbocycles. The molecule has 2 saturated carbocycles. The molecule has 2 aromatic rings. The van der Waals surface area contributed by atoms with Gasteiger partial charge in [-0.05, 0) is 79.2 Å². The maximum Gasteiger partial charge on any atom is 0.274 e. The van der Waals surface area contributed by atoms with E-state index in [0.717, 1.165) is 44.1 Å². The fourth-order valence-corrected chi connectivity index (χ4v) is 6.24. The van der Waals surface area contributed by atoms with Gasteiger partial charge in [0.25, 0.3) is 5.91 Å². The van der Waals surface area contributed by atoms with E-state index in [1.807, 2.05) is 6.07 Å². The molecule has 5 rings (SSSR count). The highest BCUT2D eigenvalue weighted by Crippen LogP contribution is 2.60. The molecule has 0 radical (unpaired) electrons. The van der Waals surface area contributed by atoms with Crippen LogP contribution in [0.2, 0.25) is 0 Å². The molecule has 5 heteroatoms. The number of carbonyl (C=O) groups excluding carboxylic acids is 2. The molecule has 3 aliphatic rings. The molecule has 0 bridgehead atoms. The van der Waals surface area contributed by atoms with Crippen molar-refractivity contribution in [3.05, 3.63) is 53.3 Å². The number of aromatic hydroxyl groups is 1. The summed E-state index contributed by atoms with van der Waals surface area (Å²) in [6.45, 7) is 2.17. The lowest BCUT2D eigenvalue weighted by molar-refractivity contribution is -0.129. The lowest BCUT2D eigenvalue weighted by Crippen LogP contribution is -2.42. The van der Waals surface area contributed by atoms with E-state index in [1.165, 1.54) is 5.56 Å². The minimum absolute atomic E-state index is 0.100. The number of hydrogen-bond acceptors (Lipinski definition) is 4. The van der Waals surface area contributed by atoms with Gasteiger partial charge in [-0.3, -0.25) is 14.6 Å². The molecule has 1 amide bonds. The topological polar surface area (TPSA) is 79.3 Å². The Morgan fingerprint density at radius 2 is 2.03 bits per heavy atom. The van der Waals surface area contributed by atoms with Crippen molar-refractivity contribution in [1.29, 1.82) is 0 Å². The molecule has 1 aromatic heterocycles. The van der Waals surface area contributed by atoms with E-state index in [2.05, 4.69) is 17.2 Å². The number of Topliss-reactive ketones (excluding diaryl/α,β-unsaturated/α-hetero) is 1. The van der Waals surface area contributed by atoms with Crippen LogP contribution in [0.1, 0.15) is 66.6 Å². The first kappa shape index (κ1) is 18.3. The van der Waals surface area contributed by atoms with Crippen molar-refractivity contribution < 1.29 is 14.7 Å². The van der Waals surface area contributed by atoms with Crippen LogP contribution >= 0.6 is 0 Å². The van der Waals surface area contributed by atoms with Crippen molar-refractivity contribution in [2.45, 2.75) is 51.4 Å². The molecule has 0 unspecified atom stereocenters. The van der Waals surface area contributed by atoms with E-state index >= 15 is 0 Å². The summed E-state index contributed by atoms with van der Waals surface area (Å²) in [4.78, 5) is 29.3. The molecule has 5 nitrogen and oxygen atoms in total. The summed E-state index contributed by atoms with van der Waals surface area (Å²) in [5.74, 6) is 1.60. The van der Waals surface area contributed by atoms with Gasteiger partial charge in [0.1, 0.15) is 17.2 Å². The molecule has 29 heavy (non-hydrogen) atoms. The Balaban J connectivity index is 1.48. The predicted molar refractivity (Wildman–Crippen MR) is 110 cm³/mol. The number of hydrogen-bond donors (Lipinski definition) is 2. The van der Waals surface area contributed by atoms with Crippen LogP contribution in [0.25, 0.3) is 0 Å². The van der Waals surface area contributed by atoms with Crippen molar-refractivity contribution in [1.82, 2.24) is 4.98 Å². The largest absolute Gasteiger partial charge is 0.506 e. The van der Waals surface area contributed by atoms with Crippen molar-refractivity contribution in [2.75, 3.05) is 5.32 Å². The van der Waals surface area contributed by atoms with E-state index < -0.39 is 0 Å². The molecular formula is C24H26N2O3. The second-order valence-corrected chi connectivity index (χ2v) is 9.03. The SMILES string of the molecule is C[C@]12CC[C@@H]3c4ccc(O)c(NC(=O)c5ccccn5)c4CC[C@H]3[C@@H]1CCC2=O. The lowest BCUT2D eigenvalue weighted by atomic mass is 9.55. The van der Waals surface area contributed by atoms with Crippen molar-refractivity contribution in [3.8, 4) is 5.75 Å². The molecule has 2 N–H and O–H groups in total. The van der Waals surface area contributed by atoms with Gasteiger partial charge in [-0.25, -0.2) is 0 Å². The second-order valence-electron chi connectivity index (χ2n) is 9.03. The number of anilines is 1. The third-order valence-corrected chi connectivity index (χ3v) is 7.74. The fraction of sp³-hybridized carbons (Fsp3) is 0.458. The number of pyridine rings is 1. The average Bonchev–Trinajstić information content (AvgIpc) is 3.05. The Kier molecular flexibility index (Phi) is 4.23. The summed E-state index contributed by atoms with van der Waals surface area (Å²) in [6, 6.07) is 8.93. The molecule has 0 saturated heterocycles. The van der Waals surface area contributed by atoms with Gasteiger partial charge in [0, 0.05) is 18.0 Å². The monoisotopic (exact) mass is 390 g/mol. The van der Waals surface area contributed by atoms with Crippen LogP contribution < -0.4 is 5.32 Å². The summed E-state index contributed by atoms with van der Waals surface area (Å²) in [6.07, 6.45) is 7.06. The highest BCUT2D eigenvalue weighted by Gasteiger charge is 2.54. The van der Waals surface area contributed by atoms with E-state index in [0.29, 0.717) is 34.9 Å². The van der Waals surface area contributed by atoms with Crippen LogP contribution in [-0.2, 0) is 11.2 Å². The number of phenols is 1. The van der Waals surface area contributed by atoms with Gasteiger partial charge in [0.2, 0.25) is 0 Å². The molecular weight excluding hydrogens is 364 g/mol. The summed E-state index contributed by atoms with van der Waals surface area (Å²) >= 11 is 0. The third-order valence-electron chi connectivity index (χ3n) is 7.74. The second kappa shape index (κ2) is 6.68. The summed E-state index contributed by atoms with van der Waals surface area (Å²) in [5, 5.41) is 13.4. The van der Waals surface area contributed by atoms with Crippen molar-refractivity contribution in [3.63, 3.8) is 0 Å². The Morgan fingerprint density at radius 3 is 2.83 bits per heavy atom. The van der Waals surface area contributed by atoms with Gasteiger partial charge < -0.3 is 10.4 Å². The first-order valence-electron chi connectivity index (χ1n) is 10.6. The zero-order valence-electron chi connectivity index (χ0n) is 16.6. The van der Waals surface area contributed by atoms with Crippen LogP contribution in [0, 0.1) is 17.3 Å². The van der Waals surface area contributed by atoms with Gasteiger partial charge in [-0.1, -0.05) is 19.1 Å². The van der Waals surface area contributed by atoms with E-state index in [-0.39, 0.29) is 17.1 Å². The number of nitrogens with one attached hydrogen (secondary N) is 1. The minimum Gasteiger partial charge on any atom is -0.506 e. The van der Waals surface area contributed by atoms with Gasteiger partial charge in [0.15, 0.2) is 0 Å². The number of ketones is 1. The maximum absolute atomic E-state index is 12.6. The van der Waals surface area contributed by atoms with Crippen molar-refractivity contribution in [2.24, 2.45) is 17.3 Å². The number of carbonyl (C=O) groups is 2. The third kappa shape index (κ3) is 2.78. The van der Waals surface area contributed by atoms with E-state index in [1.54, 1.807) is 30.5 Å². The van der Waals surface area contributed by atoms with Gasteiger partial charge in [0.05, 0.1) is 5.69 Å². The van der Waals surface area contributed by atoms with Gasteiger partial charge >= 0.3 is 0 Å². The van der Waals surface area contributed by atoms with Crippen LogP contribution in [0.4, 0.5) is 5.69 Å². The van der Waals surface area contributed by atoms with Gasteiger partial charge in [-0.15, -0.1) is 0 Å². The first-order valence-corrected chi connectivity index (χ1v) is 10.6. The zero-order chi connectivity index (χ0) is 20.2. The smallest absolute Gasteiger partial charge is 0.274 e. The first-order chi connectivity index (χ1) is 14.0. The summed E-state index contributed by atoms with van der Waals surface area (Å²) < 4.78 is 0. The van der Waals surface area contributed by atoms with Crippen LogP contribution in [0.3, 0.4) is 0 Å². The Morgan fingerprint density at radius 1 is 1.17 bits per heavy atom. The Bertz CT molecular complexity index is 987. The molecule has 0 spiro atoms. The Hall–Kier alpha value is -2.69. The number of phenolic OH excluding ortho intramolecular Hbond substituents is 1. The van der Waals surface area contributed by atoms with Crippen molar-refractivity contribution >= 4 is 17.4 Å². The zero-order valence-corrected chi connectivity index (χ0v) is 16.6. The quantitative estimate of drug-likeness (QED) is 0.742. The summed E-state index contributed by atoms with van der Waals surface area (Å²) in [5.41, 5.74) is 2.98. The molecule has 150 valence electrons. The van der Waals surface area contributed by atoms with Crippen LogP contribution in [0.15, 0.2) is 36.5 Å². The maximum atomic E-state index is 12.6. The number of benzene rings is 1. The number of rotatable bonds is 2. The highest BCUT2D eigenvalue weighted by molar-refractivity contribution is 6.04.